The summed E-state index contributed by atoms with van der Waals surface area (Å²) in [5.74, 6) is -0.172. The van der Waals surface area contributed by atoms with E-state index >= 15 is 0 Å². The maximum Gasteiger partial charge on any atom is 0.338 e. The third kappa shape index (κ3) is 3.82. The van der Waals surface area contributed by atoms with Crippen LogP contribution in [0.5, 0.6) is 0 Å². The van der Waals surface area contributed by atoms with Gasteiger partial charge < -0.3 is 4.74 Å². The minimum absolute atomic E-state index is 0.172. The molecule has 0 amide bonds. The van der Waals surface area contributed by atoms with Crippen molar-refractivity contribution in [3.63, 3.8) is 0 Å². The molecule has 0 unspecified atom stereocenters. The first-order valence-corrected chi connectivity index (χ1v) is 7.42. The van der Waals surface area contributed by atoms with E-state index in [-0.39, 0.29) is 11.6 Å². The van der Waals surface area contributed by atoms with Crippen molar-refractivity contribution in [3.05, 3.63) is 35.5 Å². The number of rotatable bonds is 3. The zero-order valence-electron chi connectivity index (χ0n) is 12.1. The molecule has 1 fully saturated rings. The number of esters is 1. The van der Waals surface area contributed by atoms with Crippen LogP contribution >= 0.6 is 0 Å². The first kappa shape index (κ1) is 14.1. The summed E-state index contributed by atoms with van der Waals surface area (Å²) in [5.41, 5.74) is 1.77. The van der Waals surface area contributed by atoms with Crippen molar-refractivity contribution in [2.75, 3.05) is 0 Å². The van der Waals surface area contributed by atoms with Crippen LogP contribution < -0.4 is 0 Å². The van der Waals surface area contributed by atoms with E-state index in [0.717, 1.165) is 25.7 Å². The molecule has 0 bridgehead atoms. The van der Waals surface area contributed by atoms with Crippen molar-refractivity contribution in [2.45, 2.75) is 64.4 Å². The molecule has 2 aliphatic carbocycles. The summed E-state index contributed by atoms with van der Waals surface area (Å²) in [6.07, 6.45) is 15.4. The Bertz CT molecular complexity index is 421. The average molecular weight is 260 g/mol. The highest BCUT2D eigenvalue weighted by Crippen LogP contribution is 2.32. The SMILES string of the molecule is CCC1=CC=C(C(=O)OC2(C)CCCCC2)C=CC1. The molecule has 0 aromatic carbocycles. The van der Waals surface area contributed by atoms with Crippen molar-refractivity contribution in [1.29, 1.82) is 0 Å². The predicted molar refractivity (Wildman–Crippen MR) is 77.8 cm³/mol. The zero-order chi connectivity index (χ0) is 13.7. The Labute approximate surface area is 116 Å². The van der Waals surface area contributed by atoms with Crippen molar-refractivity contribution in [1.82, 2.24) is 0 Å². The van der Waals surface area contributed by atoms with E-state index in [4.69, 9.17) is 4.74 Å². The summed E-state index contributed by atoms with van der Waals surface area (Å²) >= 11 is 0. The van der Waals surface area contributed by atoms with Crippen LogP contribution in [0.4, 0.5) is 0 Å². The second-order valence-electron chi connectivity index (χ2n) is 5.81. The molecule has 0 aliphatic heterocycles. The maximum atomic E-state index is 12.2. The van der Waals surface area contributed by atoms with Crippen LogP contribution in [0, 0.1) is 0 Å². The Balaban J connectivity index is 2.03. The number of ether oxygens (including phenoxy) is 1. The molecule has 0 N–H and O–H groups in total. The Kier molecular flexibility index (Phi) is 4.62. The molecule has 2 heteroatoms. The van der Waals surface area contributed by atoms with Gasteiger partial charge in [0.15, 0.2) is 0 Å². The first-order valence-electron chi connectivity index (χ1n) is 7.42. The first-order chi connectivity index (χ1) is 9.13. The Morgan fingerprint density at radius 2 is 2.00 bits per heavy atom. The largest absolute Gasteiger partial charge is 0.456 e. The van der Waals surface area contributed by atoms with Crippen LogP contribution in [0.25, 0.3) is 0 Å². The number of hydrogen-bond acceptors (Lipinski definition) is 2. The van der Waals surface area contributed by atoms with Gasteiger partial charge in [-0.05, 0) is 51.5 Å². The van der Waals surface area contributed by atoms with E-state index in [0.29, 0.717) is 5.57 Å². The second-order valence-corrected chi connectivity index (χ2v) is 5.81. The standard InChI is InChI=1S/C17H24O2/c1-3-14-8-7-9-15(11-10-14)16(18)19-17(2)12-5-4-6-13-17/h7,9-11H,3-6,8,12-13H2,1-2H3. The summed E-state index contributed by atoms with van der Waals surface area (Å²) in [4.78, 5) is 12.2. The maximum absolute atomic E-state index is 12.2. The molecule has 19 heavy (non-hydrogen) atoms. The fourth-order valence-corrected chi connectivity index (χ4v) is 2.75. The van der Waals surface area contributed by atoms with E-state index in [1.807, 2.05) is 12.2 Å². The molecule has 0 aromatic rings. The van der Waals surface area contributed by atoms with Crippen LogP contribution in [-0.2, 0) is 9.53 Å². The van der Waals surface area contributed by atoms with Gasteiger partial charge in [0.05, 0.1) is 5.57 Å². The lowest BCUT2D eigenvalue weighted by atomic mass is 9.86. The average Bonchev–Trinajstić information content (AvgIpc) is 2.64. The summed E-state index contributed by atoms with van der Waals surface area (Å²) in [5, 5.41) is 0. The van der Waals surface area contributed by atoms with Gasteiger partial charge in [0.2, 0.25) is 0 Å². The van der Waals surface area contributed by atoms with Gasteiger partial charge in [-0.25, -0.2) is 4.79 Å². The van der Waals surface area contributed by atoms with Crippen molar-refractivity contribution >= 4 is 5.97 Å². The summed E-state index contributed by atoms with van der Waals surface area (Å²) in [6.45, 7) is 4.21. The highest BCUT2D eigenvalue weighted by atomic mass is 16.6. The molecule has 2 rings (SSSR count). The molecule has 0 radical (unpaired) electrons. The predicted octanol–water partition coefficient (Wildman–Crippen LogP) is 4.48. The quantitative estimate of drug-likeness (QED) is 0.700. The van der Waals surface area contributed by atoms with E-state index in [2.05, 4.69) is 26.0 Å². The minimum Gasteiger partial charge on any atom is -0.456 e. The molecule has 0 aromatic heterocycles. The van der Waals surface area contributed by atoms with E-state index in [1.54, 1.807) is 0 Å². The Morgan fingerprint density at radius 1 is 1.26 bits per heavy atom. The number of hydrogen-bond donors (Lipinski definition) is 0. The fraction of sp³-hybridized carbons (Fsp3) is 0.588. The van der Waals surface area contributed by atoms with Crippen LogP contribution in [0.1, 0.15) is 58.8 Å². The smallest absolute Gasteiger partial charge is 0.338 e. The zero-order valence-corrected chi connectivity index (χ0v) is 12.1. The third-order valence-electron chi connectivity index (χ3n) is 4.12. The van der Waals surface area contributed by atoms with Gasteiger partial charge in [0.1, 0.15) is 5.60 Å². The van der Waals surface area contributed by atoms with Crippen molar-refractivity contribution < 1.29 is 9.53 Å². The highest BCUT2D eigenvalue weighted by molar-refractivity contribution is 5.92. The van der Waals surface area contributed by atoms with E-state index < -0.39 is 0 Å². The van der Waals surface area contributed by atoms with Gasteiger partial charge in [-0.1, -0.05) is 37.1 Å². The van der Waals surface area contributed by atoms with E-state index in [1.165, 1.54) is 24.8 Å². The minimum atomic E-state index is -0.256. The molecule has 1 saturated carbocycles. The molecule has 2 aliphatic rings. The summed E-state index contributed by atoms with van der Waals surface area (Å²) < 4.78 is 5.75. The van der Waals surface area contributed by atoms with E-state index in [9.17, 15) is 4.79 Å². The van der Waals surface area contributed by atoms with Gasteiger partial charge in [-0.2, -0.15) is 0 Å². The van der Waals surface area contributed by atoms with Crippen LogP contribution in [0.15, 0.2) is 35.5 Å². The van der Waals surface area contributed by atoms with Gasteiger partial charge in [-0.15, -0.1) is 0 Å². The van der Waals surface area contributed by atoms with Crippen LogP contribution in [0.2, 0.25) is 0 Å². The van der Waals surface area contributed by atoms with Crippen LogP contribution in [0.3, 0.4) is 0 Å². The lowest BCUT2D eigenvalue weighted by Crippen LogP contribution is -2.34. The Morgan fingerprint density at radius 3 is 2.68 bits per heavy atom. The van der Waals surface area contributed by atoms with Gasteiger partial charge in [0, 0.05) is 0 Å². The summed E-state index contributed by atoms with van der Waals surface area (Å²) in [7, 11) is 0. The topological polar surface area (TPSA) is 26.3 Å². The molecule has 0 heterocycles. The molecular formula is C17H24O2. The molecule has 104 valence electrons. The monoisotopic (exact) mass is 260 g/mol. The number of carbonyl (C=O) groups is 1. The van der Waals surface area contributed by atoms with Gasteiger partial charge in [0.25, 0.3) is 0 Å². The van der Waals surface area contributed by atoms with Crippen LogP contribution in [-0.4, -0.2) is 11.6 Å². The normalized spacial score (nSPS) is 22.2. The lowest BCUT2D eigenvalue weighted by Gasteiger charge is -2.33. The van der Waals surface area contributed by atoms with Crippen molar-refractivity contribution in [3.8, 4) is 0 Å². The molecule has 2 nitrogen and oxygen atoms in total. The fourth-order valence-electron chi connectivity index (χ4n) is 2.75. The van der Waals surface area contributed by atoms with Crippen molar-refractivity contribution in [2.24, 2.45) is 0 Å². The summed E-state index contributed by atoms with van der Waals surface area (Å²) in [6, 6.07) is 0. The highest BCUT2D eigenvalue weighted by Gasteiger charge is 2.31. The molecular weight excluding hydrogens is 236 g/mol. The molecule has 0 spiro atoms. The third-order valence-corrected chi connectivity index (χ3v) is 4.12. The Hall–Kier alpha value is -1.31. The van der Waals surface area contributed by atoms with Gasteiger partial charge in [-0.3, -0.25) is 0 Å². The number of carbonyl (C=O) groups excluding carboxylic acids is 1. The number of allylic oxidation sites excluding steroid dienone is 4. The molecule has 0 atom stereocenters. The van der Waals surface area contributed by atoms with Gasteiger partial charge >= 0.3 is 5.97 Å². The lowest BCUT2D eigenvalue weighted by molar-refractivity contribution is -0.155. The molecule has 0 saturated heterocycles. The second kappa shape index (κ2) is 6.23.